The molecule has 0 spiro atoms. The fraction of sp³-hybridized carbons (Fsp3) is 0.381. The molecule has 2 atom stereocenters. The summed E-state index contributed by atoms with van der Waals surface area (Å²) in [6, 6.07) is -0.191. The van der Waals surface area contributed by atoms with Gasteiger partial charge in [0, 0.05) is 41.8 Å². The van der Waals surface area contributed by atoms with Crippen LogP contribution < -0.4 is 5.32 Å². The van der Waals surface area contributed by atoms with Gasteiger partial charge in [-0.05, 0) is 37.5 Å². The number of rotatable bonds is 4. The summed E-state index contributed by atoms with van der Waals surface area (Å²) in [6.45, 7) is 0. The van der Waals surface area contributed by atoms with Crippen LogP contribution in [-0.2, 0) is 4.79 Å². The van der Waals surface area contributed by atoms with Crippen molar-refractivity contribution in [3.05, 3.63) is 31.1 Å². The Morgan fingerprint density at radius 2 is 1.87 bits per heavy atom. The third-order valence-corrected chi connectivity index (χ3v) is 6.74. The smallest absolute Gasteiger partial charge is 0.308 e. The van der Waals surface area contributed by atoms with Crippen molar-refractivity contribution >= 4 is 34.0 Å². The summed E-state index contributed by atoms with van der Waals surface area (Å²) in [4.78, 5) is 41.7. The van der Waals surface area contributed by atoms with Gasteiger partial charge in [0.05, 0.1) is 5.92 Å². The lowest BCUT2D eigenvalue weighted by Gasteiger charge is -2.47. The summed E-state index contributed by atoms with van der Waals surface area (Å²) in [5.41, 5.74) is 2.44. The molecule has 3 saturated carbocycles. The van der Waals surface area contributed by atoms with Crippen LogP contribution in [-0.4, -0.2) is 52.0 Å². The Labute approximate surface area is 176 Å². The number of aromatic nitrogens is 7. The van der Waals surface area contributed by atoms with Crippen LogP contribution in [0.1, 0.15) is 25.7 Å². The van der Waals surface area contributed by atoms with Gasteiger partial charge in [0.25, 0.3) is 0 Å². The Balaban J connectivity index is 1.48. The van der Waals surface area contributed by atoms with Crippen LogP contribution in [0.3, 0.4) is 0 Å². The number of nitrogens with zero attached hydrogens (tertiary/aromatic N) is 6. The lowest BCUT2D eigenvalue weighted by atomic mass is 9.61. The lowest BCUT2D eigenvalue weighted by Crippen LogP contribution is -2.51. The van der Waals surface area contributed by atoms with Crippen molar-refractivity contribution in [1.82, 2.24) is 34.9 Å². The molecule has 3 N–H and O–H groups in total. The molecule has 0 aromatic carbocycles. The number of carboxylic acid groups (broad SMARTS) is 1. The Hall–Kier alpha value is -3.69. The number of carbonyl (C=O) groups is 1. The number of hydrogen-bond donors (Lipinski definition) is 3. The summed E-state index contributed by atoms with van der Waals surface area (Å²) in [6.07, 6.45) is 12.2. The van der Waals surface area contributed by atoms with Gasteiger partial charge in [0.15, 0.2) is 17.3 Å². The standard InChI is InChI=1S/C21H20N8O2/c30-21(31)14-10-1-3-11(4-2-10)15(14)27-20-16-19(24-6-5-23-16)28-18(29-20)13-8-25-17-12(13)7-22-9-26-17/h5-11,14-15H,1-4H2,(H,30,31)(H,22,25,26)(H,24,27,28,29). The molecular formula is C21H20N8O2. The van der Waals surface area contributed by atoms with E-state index in [9.17, 15) is 9.90 Å². The van der Waals surface area contributed by atoms with Crippen molar-refractivity contribution in [3.63, 3.8) is 0 Å². The first-order valence-electron chi connectivity index (χ1n) is 10.4. The molecule has 156 valence electrons. The average Bonchev–Trinajstić information content (AvgIpc) is 3.24. The van der Waals surface area contributed by atoms with Crippen molar-refractivity contribution in [3.8, 4) is 11.4 Å². The quantitative estimate of drug-likeness (QED) is 0.457. The predicted octanol–water partition coefficient (Wildman–Crippen LogP) is 2.66. The molecule has 0 amide bonds. The predicted molar refractivity (Wildman–Crippen MR) is 112 cm³/mol. The van der Waals surface area contributed by atoms with Gasteiger partial charge in [0.1, 0.15) is 17.5 Å². The SMILES string of the molecule is O=C(O)C1C2CCC(CC2)C1Nc1nc(-c2c[nH]c3ncncc23)nc2nccnc12. The summed E-state index contributed by atoms with van der Waals surface area (Å²) in [5, 5.41) is 14.2. The number of aromatic amines is 1. The van der Waals surface area contributed by atoms with Gasteiger partial charge in [-0.1, -0.05) is 0 Å². The van der Waals surface area contributed by atoms with E-state index >= 15 is 0 Å². The third kappa shape index (κ3) is 2.89. The highest BCUT2D eigenvalue weighted by atomic mass is 16.4. The normalized spacial score (nSPS) is 25.2. The fourth-order valence-electron chi connectivity index (χ4n) is 5.30. The number of carboxylic acids is 1. The summed E-state index contributed by atoms with van der Waals surface area (Å²) < 4.78 is 0. The van der Waals surface area contributed by atoms with Crippen LogP contribution in [0.2, 0.25) is 0 Å². The molecule has 10 heteroatoms. The molecule has 4 heterocycles. The molecule has 4 aromatic rings. The van der Waals surface area contributed by atoms with Crippen molar-refractivity contribution < 1.29 is 9.90 Å². The number of nitrogens with one attached hydrogen (secondary N) is 2. The summed E-state index contributed by atoms with van der Waals surface area (Å²) in [5.74, 6) is 0.305. The first-order chi connectivity index (χ1) is 15.2. The minimum Gasteiger partial charge on any atom is -0.481 e. The minimum absolute atomic E-state index is 0.191. The maximum atomic E-state index is 12.1. The van der Waals surface area contributed by atoms with Gasteiger partial charge in [0.2, 0.25) is 0 Å². The monoisotopic (exact) mass is 416 g/mol. The van der Waals surface area contributed by atoms with Crippen molar-refractivity contribution in [2.75, 3.05) is 5.32 Å². The molecule has 0 saturated heterocycles. The zero-order chi connectivity index (χ0) is 20.9. The van der Waals surface area contributed by atoms with E-state index in [4.69, 9.17) is 4.98 Å². The van der Waals surface area contributed by atoms with Crippen LogP contribution in [0.4, 0.5) is 5.82 Å². The second-order valence-corrected chi connectivity index (χ2v) is 8.32. The second kappa shape index (κ2) is 6.93. The van der Waals surface area contributed by atoms with E-state index in [2.05, 4.69) is 35.2 Å². The largest absolute Gasteiger partial charge is 0.481 e. The topological polar surface area (TPSA) is 142 Å². The fourth-order valence-corrected chi connectivity index (χ4v) is 5.30. The van der Waals surface area contributed by atoms with E-state index in [1.54, 1.807) is 24.8 Å². The van der Waals surface area contributed by atoms with Crippen LogP contribution in [0.15, 0.2) is 31.1 Å². The van der Waals surface area contributed by atoms with Gasteiger partial charge in [-0.2, -0.15) is 0 Å². The first kappa shape index (κ1) is 18.1. The zero-order valence-corrected chi connectivity index (χ0v) is 16.6. The molecule has 3 aliphatic carbocycles. The van der Waals surface area contributed by atoms with Crippen LogP contribution in [0, 0.1) is 17.8 Å². The van der Waals surface area contributed by atoms with Gasteiger partial charge >= 0.3 is 5.97 Å². The van der Waals surface area contributed by atoms with E-state index in [0.717, 1.165) is 36.6 Å². The highest BCUT2D eigenvalue weighted by molar-refractivity contribution is 5.93. The van der Waals surface area contributed by atoms with E-state index in [0.29, 0.717) is 34.4 Å². The van der Waals surface area contributed by atoms with Crippen molar-refractivity contribution in [2.24, 2.45) is 17.8 Å². The lowest BCUT2D eigenvalue weighted by molar-refractivity contribution is -0.148. The number of fused-ring (bicyclic) bond motifs is 5. The van der Waals surface area contributed by atoms with Gasteiger partial charge in [-0.25, -0.2) is 29.9 Å². The first-order valence-corrected chi connectivity index (χ1v) is 10.4. The van der Waals surface area contributed by atoms with Crippen LogP contribution in [0.5, 0.6) is 0 Å². The Morgan fingerprint density at radius 1 is 1.06 bits per heavy atom. The summed E-state index contributed by atoms with van der Waals surface area (Å²) >= 11 is 0. The molecule has 10 nitrogen and oxygen atoms in total. The molecule has 4 aromatic heterocycles. The highest BCUT2D eigenvalue weighted by Gasteiger charge is 2.47. The number of aliphatic carboxylic acids is 1. The van der Waals surface area contributed by atoms with Crippen LogP contribution >= 0.6 is 0 Å². The van der Waals surface area contributed by atoms with Crippen molar-refractivity contribution in [2.45, 2.75) is 31.7 Å². The van der Waals surface area contributed by atoms with Gasteiger partial charge in [-0.15, -0.1) is 0 Å². The minimum atomic E-state index is -0.745. The maximum absolute atomic E-state index is 12.1. The second-order valence-electron chi connectivity index (χ2n) is 8.32. The molecule has 31 heavy (non-hydrogen) atoms. The molecule has 7 rings (SSSR count). The third-order valence-electron chi connectivity index (χ3n) is 6.74. The molecule has 2 unspecified atom stereocenters. The number of H-pyrrole nitrogens is 1. The number of anilines is 1. The van der Waals surface area contributed by atoms with Crippen molar-refractivity contribution in [1.29, 1.82) is 0 Å². The molecule has 2 bridgehead atoms. The molecule has 0 radical (unpaired) electrons. The van der Waals surface area contributed by atoms with E-state index in [1.807, 2.05) is 0 Å². The van der Waals surface area contributed by atoms with Crippen LogP contribution in [0.25, 0.3) is 33.6 Å². The average molecular weight is 416 g/mol. The molecule has 3 fully saturated rings. The Kier molecular flexibility index (Phi) is 4.05. The Morgan fingerprint density at radius 3 is 2.71 bits per heavy atom. The number of hydrogen-bond acceptors (Lipinski definition) is 8. The Bertz CT molecular complexity index is 1300. The van der Waals surface area contributed by atoms with Gasteiger partial charge < -0.3 is 15.4 Å². The van der Waals surface area contributed by atoms with E-state index in [1.165, 1.54) is 6.33 Å². The van der Waals surface area contributed by atoms with E-state index < -0.39 is 11.9 Å². The highest BCUT2D eigenvalue weighted by Crippen LogP contribution is 2.46. The van der Waals surface area contributed by atoms with E-state index in [-0.39, 0.29) is 12.0 Å². The molecule has 3 aliphatic rings. The molecule has 0 aliphatic heterocycles. The maximum Gasteiger partial charge on any atom is 0.308 e. The summed E-state index contributed by atoms with van der Waals surface area (Å²) in [7, 11) is 0. The van der Waals surface area contributed by atoms with Gasteiger partial charge in [-0.3, -0.25) is 4.79 Å². The molecular weight excluding hydrogens is 396 g/mol. The zero-order valence-electron chi connectivity index (χ0n) is 16.6.